The lowest BCUT2D eigenvalue weighted by molar-refractivity contribution is 0.0568. The molecule has 0 radical (unpaired) electrons. The molecule has 1 fully saturated rings. The molecular formula is C11H23NO. The zero-order valence-electron chi connectivity index (χ0n) is 9.34. The van der Waals surface area contributed by atoms with Crippen molar-refractivity contribution in [1.82, 2.24) is 5.32 Å². The molecule has 2 nitrogen and oxygen atoms in total. The van der Waals surface area contributed by atoms with Crippen LogP contribution in [0.2, 0.25) is 0 Å². The first-order valence-electron chi connectivity index (χ1n) is 5.44. The third kappa shape index (κ3) is 2.96. The fourth-order valence-corrected chi connectivity index (χ4v) is 2.16. The highest BCUT2D eigenvalue weighted by molar-refractivity contribution is 4.84. The molecule has 78 valence electrons. The molecule has 0 spiro atoms. The number of rotatable bonds is 4. The van der Waals surface area contributed by atoms with Gasteiger partial charge in [0.05, 0.1) is 6.10 Å². The Morgan fingerprint density at radius 1 is 1.46 bits per heavy atom. The van der Waals surface area contributed by atoms with Crippen LogP contribution in [0.3, 0.4) is 0 Å². The SMILES string of the molecule is CNC(CC(C)C)C1OCCC1C. The van der Waals surface area contributed by atoms with Crippen molar-refractivity contribution < 1.29 is 4.74 Å². The fraction of sp³-hybridized carbons (Fsp3) is 1.00. The van der Waals surface area contributed by atoms with Crippen LogP contribution in [0.25, 0.3) is 0 Å². The van der Waals surface area contributed by atoms with E-state index in [-0.39, 0.29) is 0 Å². The minimum atomic E-state index is 0.437. The molecule has 3 atom stereocenters. The first-order chi connectivity index (χ1) is 6.15. The number of hydrogen-bond donors (Lipinski definition) is 1. The van der Waals surface area contributed by atoms with Crippen molar-refractivity contribution in [3.05, 3.63) is 0 Å². The van der Waals surface area contributed by atoms with Gasteiger partial charge in [0.1, 0.15) is 0 Å². The van der Waals surface area contributed by atoms with Gasteiger partial charge in [0.25, 0.3) is 0 Å². The number of hydrogen-bond acceptors (Lipinski definition) is 2. The summed E-state index contributed by atoms with van der Waals surface area (Å²) < 4.78 is 5.76. The number of nitrogens with one attached hydrogen (secondary N) is 1. The zero-order valence-corrected chi connectivity index (χ0v) is 9.34. The summed E-state index contributed by atoms with van der Waals surface area (Å²) >= 11 is 0. The van der Waals surface area contributed by atoms with Crippen LogP contribution < -0.4 is 5.32 Å². The predicted molar refractivity (Wildman–Crippen MR) is 55.8 cm³/mol. The first-order valence-corrected chi connectivity index (χ1v) is 5.44. The van der Waals surface area contributed by atoms with Crippen LogP contribution >= 0.6 is 0 Å². The van der Waals surface area contributed by atoms with Gasteiger partial charge in [-0.2, -0.15) is 0 Å². The quantitative estimate of drug-likeness (QED) is 0.723. The molecule has 0 aromatic rings. The molecule has 0 bridgehead atoms. The van der Waals surface area contributed by atoms with E-state index in [2.05, 4.69) is 26.1 Å². The van der Waals surface area contributed by atoms with Crippen molar-refractivity contribution in [2.45, 2.75) is 45.8 Å². The minimum absolute atomic E-state index is 0.437. The predicted octanol–water partition coefficient (Wildman–Crippen LogP) is 2.05. The van der Waals surface area contributed by atoms with Gasteiger partial charge < -0.3 is 10.1 Å². The third-order valence-electron chi connectivity index (χ3n) is 2.94. The highest BCUT2D eigenvalue weighted by atomic mass is 16.5. The van der Waals surface area contributed by atoms with Crippen molar-refractivity contribution in [1.29, 1.82) is 0 Å². The monoisotopic (exact) mass is 185 g/mol. The lowest BCUT2D eigenvalue weighted by Gasteiger charge is -2.27. The van der Waals surface area contributed by atoms with Crippen molar-refractivity contribution in [2.75, 3.05) is 13.7 Å². The lowest BCUT2D eigenvalue weighted by Crippen LogP contribution is -2.41. The third-order valence-corrected chi connectivity index (χ3v) is 2.94. The molecule has 0 aromatic heterocycles. The van der Waals surface area contributed by atoms with Gasteiger partial charge in [0.2, 0.25) is 0 Å². The second-order valence-electron chi connectivity index (χ2n) is 4.63. The summed E-state index contributed by atoms with van der Waals surface area (Å²) in [5.41, 5.74) is 0. The Morgan fingerprint density at radius 2 is 2.15 bits per heavy atom. The van der Waals surface area contributed by atoms with Crippen LogP contribution in [-0.2, 0) is 4.74 Å². The highest BCUT2D eigenvalue weighted by Gasteiger charge is 2.31. The Labute approximate surface area is 82.0 Å². The van der Waals surface area contributed by atoms with E-state index in [4.69, 9.17) is 4.74 Å². The second-order valence-corrected chi connectivity index (χ2v) is 4.63. The van der Waals surface area contributed by atoms with Crippen LogP contribution in [0, 0.1) is 11.8 Å². The Hall–Kier alpha value is -0.0800. The largest absolute Gasteiger partial charge is 0.376 e. The maximum Gasteiger partial charge on any atom is 0.0754 e. The Morgan fingerprint density at radius 3 is 2.54 bits per heavy atom. The maximum atomic E-state index is 5.76. The molecule has 1 aliphatic heterocycles. The van der Waals surface area contributed by atoms with Gasteiger partial charge in [-0.25, -0.2) is 0 Å². The highest BCUT2D eigenvalue weighted by Crippen LogP contribution is 2.25. The molecule has 0 aliphatic carbocycles. The summed E-state index contributed by atoms with van der Waals surface area (Å²) in [6.07, 6.45) is 2.87. The van der Waals surface area contributed by atoms with Gasteiger partial charge in [0.15, 0.2) is 0 Å². The van der Waals surface area contributed by atoms with Crippen molar-refractivity contribution in [3.8, 4) is 0 Å². The average Bonchev–Trinajstić information content (AvgIpc) is 2.47. The van der Waals surface area contributed by atoms with Gasteiger partial charge in [-0.1, -0.05) is 20.8 Å². The van der Waals surface area contributed by atoms with Crippen molar-refractivity contribution in [3.63, 3.8) is 0 Å². The van der Waals surface area contributed by atoms with Crippen LogP contribution in [0.15, 0.2) is 0 Å². The van der Waals surface area contributed by atoms with E-state index in [9.17, 15) is 0 Å². The molecule has 0 amide bonds. The Kier molecular flexibility index (Phi) is 4.20. The van der Waals surface area contributed by atoms with E-state index in [1.165, 1.54) is 12.8 Å². The van der Waals surface area contributed by atoms with Gasteiger partial charge in [-0.05, 0) is 31.7 Å². The molecule has 1 heterocycles. The minimum Gasteiger partial charge on any atom is -0.376 e. The molecular weight excluding hydrogens is 162 g/mol. The number of likely N-dealkylation sites (N-methyl/N-ethyl adjacent to an activating group) is 1. The van der Waals surface area contributed by atoms with Crippen LogP contribution in [0.1, 0.15) is 33.6 Å². The van der Waals surface area contributed by atoms with Crippen LogP contribution in [0.4, 0.5) is 0 Å². The molecule has 1 N–H and O–H groups in total. The molecule has 2 heteroatoms. The summed E-state index contributed by atoms with van der Waals surface area (Å²) in [6, 6.07) is 0.539. The molecule has 0 aromatic carbocycles. The van der Waals surface area contributed by atoms with Gasteiger partial charge >= 0.3 is 0 Å². The van der Waals surface area contributed by atoms with Crippen molar-refractivity contribution >= 4 is 0 Å². The van der Waals surface area contributed by atoms with Gasteiger partial charge in [-0.15, -0.1) is 0 Å². The molecule has 1 saturated heterocycles. The van der Waals surface area contributed by atoms with E-state index >= 15 is 0 Å². The molecule has 3 unspecified atom stereocenters. The summed E-state index contributed by atoms with van der Waals surface area (Å²) in [6.45, 7) is 7.78. The number of ether oxygens (including phenoxy) is 1. The van der Waals surface area contributed by atoms with E-state index in [1.807, 2.05) is 7.05 Å². The van der Waals surface area contributed by atoms with Gasteiger partial charge in [-0.3, -0.25) is 0 Å². The van der Waals surface area contributed by atoms with E-state index in [1.54, 1.807) is 0 Å². The smallest absolute Gasteiger partial charge is 0.0754 e. The molecule has 1 rings (SSSR count). The van der Waals surface area contributed by atoms with Gasteiger partial charge in [0, 0.05) is 12.6 Å². The van der Waals surface area contributed by atoms with E-state index < -0.39 is 0 Å². The normalized spacial score (nSPS) is 31.2. The molecule has 1 aliphatic rings. The topological polar surface area (TPSA) is 21.3 Å². The average molecular weight is 185 g/mol. The van der Waals surface area contributed by atoms with E-state index in [0.29, 0.717) is 12.1 Å². The summed E-state index contributed by atoms with van der Waals surface area (Å²) in [7, 11) is 2.04. The Balaban J connectivity index is 2.45. The second kappa shape index (κ2) is 4.97. The first kappa shape index (κ1) is 11.0. The Bertz CT molecular complexity index is 147. The zero-order chi connectivity index (χ0) is 9.84. The fourth-order valence-electron chi connectivity index (χ4n) is 2.16. The van der Waals surface area contributed by atoms with E-state index in [0.717, 1.165) is 18.4 Å². The van der Waals surface area contributed by atoms with Crippen molar-refractivity contribution in [2.24, 2.45) is 11.8 Å². The lowest BCUT2D eigenvalue weighted by atomic mass is 9.92. The summed E-state index contributed by atoms with van der Waals surface area (Å²) in [5.74, 6) is 1.46. The maximum absolute atomic E-state index is 5.76. The van der Waals surface area contributed by atoms with Crippen LogP contribution in [-0.4, -0.2) is 25.8 Å². The molecule has 13 heavy (non-hydrogen) atoms. The molecule has 0 saturated carbocycles. The summed E-state index contributed by atoms with van der Waals surface area (Å²) in [5, 5.41) is 3.38. The standard InChI is InChI=1S/C11H23NO/c1-8(2)7-10(12-4)11-9(3)5-6-13-11/h8-12H,5-7H2,1-4H3. The van der Waals surface area contributed by atoms with Crippen LogP contribution in [0.5, 0.6) is 0 Å². The summed E-state index contributed by atoms with van der Waals surface area (Å²) in [4.78, 5) is 0.